The van der Waals surface area contributed by atoms with E-state index in [-0.39, 0.29) is 0 Å². The first kappa shape index (κ1) is 28.2. The summed E-state index contributed by atoms with van der Waals surface area (Å²) in [5.41, 5.74) is 11.8. The number of halogens is 2. The van der Waals surface area contributed by atoms with Gasteiger partial charge >= 0.3 is 0 Å². The maximum absolute atomic E-state index is 7.85. The zero-order valence-corrected chi connectivity index (χ0v) is 26.9. The number of rotatable bonds is 6. The van der Waals surface area contributed by atoms with E-state index >= 15 is 0 Å². The summed E-state index contributed by atoms with van der Waals surface area (Å²) < 4.78 is -1.40. The molecular weight excluding hydrogens is 543 g/mol. The van der Waals surface area contributed by atoms with Crippen molar-refractivity contribution in [2.75, 3.05) is 9.80 Å². The quantitative estimate of drug-likeness (QED) is 0.165. The maximum atomic E-state index is 7.85. The minimum atomic E-state index is -1.40. The van der Waals surface area contributed by atoms with Gasteiger partial charge in [0.2, 0.25) is 0 Å². The highest BCUT2D eigenvalue weighted by Gasteiger charge is 2.55. The molecule has 4 aromatic carbocycles. The number of fused-ring (bicyclic) bond motifs is 2. The summed E-state index contributed by atoms with van der Waals surface area (Å²) >= 11 is 15.7. The molecular formula is C37H40Cl2N2. The molecule has 1 aliphatic heterocycles. The zero-order valence-electron chi connectivity index (χ0n) is 25.4. The van der Waals surface area contributed by atoms with E-state index in [1.54, 1.807) is 0 Å². The fourth-order valence-electron chi connectivity index (χ4n) is 6.85. The van der Waals surface area contributed by atoms with E-state index in [2.05, 4.69) is 138 Å². The van der Waals surface area contributed by atoms with Crippen LogP contribution in [0.3, 0.4) is 0 Å². The lowest BCUT2D eigenvalue weighted by atomic mass is 9.91. The molecule has 0 amide bonds. The Morgan fingerprint density at radius 1 is 0.488 bits per heavy atom. The van der Waals surface area contributed by atoms with Crippen LogP contribution in [-0.2, 0) is 0 Å². The molecule has 0 aromatic heterocycles. The van der Waals surface area contributed by atoms with Crippen LogP contribution in [0.4, 0.5) is 11.4 Å². The van der Waals surface area contributed by atoms with E-state index in [0.717, 1.165) is 22.8 Å². The molecule has 0 spiro atoms. The Morgan fingerprint density at radius 3 is 1.12 bits per heavy atom. The first-order valence-electron chi connectivity index (χ1n) is 15.0. The van der Waals surface area contributed by atoms with Crippen LogP contribution in [0.2, 0.25) is 0 Å². The van der Waals surface area contributed by atoms with Gasteiger partial charge in [0.1, 0.15) is 0 Å². The van der Waals surface area contributed by atoms with E-state index < -0.39 is 4.58 Å². The van der Waals surface area contributed by atoms with Gasteiger partial charge in [-0.25, -0.2) is 0 Å². The Balaban J connectivity index is 1.78. The van der Waals surface area contributed by atoms with Crippen molar-refractivity contribution >= 4 is 56.7 Å². The molecule has 2 nitrogen and oxygen atoms in total. The highest BCUT2D eigenvalue weighted by Crippen LogP contribution is 2.62. The molecule has 0 radical (unpaired) electrons. The summed E-state index contributed by atoms with van der Waals surface area (Å²) in [4.78, 5) is 4.51. The SMILES string of the molecule is CC(C)c1cccc(C(C)C)c1N1C2=C(c3cccc4cccc2c34)N(c2c(C(C)C)cccc2C(C)C)C1(Cl)Cl. The van der Waals surface area contributed by atoms with Crippen molar-refractivity contribution in [3.8, 4) is 0 Å². The molecule has 41 heavy (non-hydrogen) atoms. The Morgan fingerprint density at radius 2 is 0.805 bits per heavy atom. The van der Waals surface area contributed by atoms with Crippen LogP contribution >= 0.6 is 23.2 Å². The summed E-state index contributed by atoms with van der Waals surface area (Å²) in [5, 5.41) is 2.49. The second kappa shape index (κ2) is 10.1. The van der Waals surface area contributed by atoms with Crippen LogP contribution in [0.25, 0.3) is 22.2 Å². The third-order valence-corrected chi connectivity index (χ3v) is 9.43. The third-order valence-electron chi connectivity index (χ3n) is 8.76. The topological polar surface area (TPSA) is 6.48 Å². The Hall–Kier alpha value is -2.94. The minimum Gasteiger partial charge on any atom is -0.289 e. The van der Waals surface area contributed by atoms with Gasteiger partial charge in [0.15, 0.2) is 0 Å². The monoisotopic (exact) mass is 582 g/mol. The molecule has 0 unspecified atom stereocenters. The molecule has 0 N–H and O–H groups in total. The number of hydrogen-bond acceptors (Lipinski definition) is 2. The molecule has 1 heterocycles. The molecule has 0 atom stereocenters. The van der Waals surface area contributed by atoms with Gasteiger partial charge in [0.25, 0.3) is 4.58 Å². The average Bonchev–Trinajstić information content (AvgIpc) is 3.36. The van der Waals surface area contributed by atoms with Gasteiger partial charge in [-0.05, 0) is 51.3 Å². The highest BCUT2D eigenvalue weighted by atomic mass is 35.5. The average molecular weight is 584 g/mol. The summed E-state index contributed by atoms with van der Waals surface area (Å²) in [5.74, 6) is 1.17. The van der Waals surface area contributed by atoms with Crippen LogP contribution in [0.1, 0.15) is 112 Å². The summed E-state index contributed by atoms with van der Waals surface area (Å²) in [6.07, 6.45) is 0. The fourth-order valence-corrected chi connectivity index (χ4v) is 7.52. The Bertz CT molecular complexity index is 1520. The molecule has 0 saturated heterocycles. The second-order valence-electron chi connectivity index (χ2n) is 12.8. The normalized spacial score (nSPS) is 16.0. The van der Waals surface area contributed by atoms with Gasteiger partial charge in [-0.1, -0.05) is 151 Å². The minimum absolute atomic E-state index is 0.291. The van der Waals surface area contributed by atoms with Crippen molar-refractivity contribution in [1.29, 1.82) is 0 Å². The predicted molar refractivity (Wildman–Crippen MR) is 179 cm³/mol. The van der Waals surface area contributed by atoms with E-state index in [0.29, 0.717) is 23.7 Å². The van der Waals surface area contributed by atoms with Crippen molar-refractivity contribution in [3.63, 3.8) is 0 Å². The molecule has 212 valence electrons. The second-order valence-corrected chi connectivity index (χ2v) is 14.0. The summed E-state index contributed by atoms with van der Waals surface area (Å²) in [7, 11) is 0. The molecule has 1 aliphatic carbocycles. The molecule has 0 saturated carbocycles. The number of para-hydroxylation sites is 2. The van der Waals surface area contributed by atoms with Crippen molar-refractivity contribution in [1.82, 2.24) is 0 Å². The van der Waals surface area contributed by atoms with Crippen LogP contribution < -0.4 is 9.80 Å². The number of alkyl halides is 2. The summed E-state index contributed by atoms with van der Waals surface area (Å²) in [6, 6.07) is 26.5. The van der Waals surface area contributed by atoms with Crippen molar-refractivity contribution in [3.05, 3.63) is 106 Å². The smallest absolute Gasteiger partial charge is 0.279 e. The van der Waals surface area contributed by atoms with E-state index in [1.165, 1.54) is 44.2 Å². The van der Waals surface area contributed by atoms with Crippen molar-refractivity contribution in [2.24, 2.45) is 0 Å². The lowest BCUT2D eigenvalue weighted by Crippen LogP contribution is -2.47. The van der Waals surface area contributed by atoms with Crippen LogP contribution in [0, 0.1) is 0 Å². The van der Waals surface area contributed by atoms with Crippen LogP contribution in [0.15, 0.2) is 72.8 Å². The number of hydrogen-bond donors (Lipinski definition) is 0. The summed E-state index contributed by atoms with van der Waals surface area (Å²) in [6.45, 7) is 18.0. The number of anilines is 2. The molecule has 0 bridgehead atoms. The lowest BCUT2D eigenvalue weighted by Gasteiger charge is -2.42. The third kappa shape index (κ3) is 4.13. The first-order chi connectivity index (χ1) is 19.5. The largest absolute Gasteiger partial charge is 0.289 e. The maximum Gasteiger partial charge on any atom is 0.279 e. The predicted octanol–water partition coefficient (Wildman–Crippen LogP) is 11.6. The van der Waals surface area contributed by atoms with Gasteiger partial charge in [-0.15, -0.1) is 0 Å². The Kier molecular flexibility index (Phi) is 6.95. The van der Waals surface area contributed by atoms with Gasteiger partial charge in [0, 0.05) is 16.5 Å². The van der Waals surface area contributed by atoms with E-state index in [4.69, 9.17) is 23.2 Å². The molecule has 4 aromatic rings. The fraction of sp³-hybridized carbons (Fsp3) is 0.351. The van der Waals surface area contributed by atoms with Gasteiger partial charge in [-0.3, -0.25) is 9.80 Å². The van der Waals surface area contributed by atoms with Crippen molar-refractivity contribution < 1.29 is 0 Å². The molecule has 2 aliphatic rings. The van der Waals surface area contributed by atoms with E-state index in [1.807, 2.05) is 0 Å². The van der Waals surface area contributed by atoms with Crippen LogP contribution in [0.5, 0.6) is 0 Å². The van der Waals surface area contributed by atoms with Gasteiger partial charge in [0.05, 0.1) is 22.8 Å². The number of nitrogens with zero attached hydrogens (tertiary/aromatic N) is 2. The van der Waals surface area contributed by atoms with Gasteiger partial charge in [-0.2, -0.15) is 0 Å². The van der Waals surface area contributed by atoms with Crippen molar-refractivity contribution in [2.45, 2.75) is 83.6 Å². The Labute approximate surface area is 255 Å². The molecule has 4 heteroatoms. The van der Waals surface area contributed by atoms with E-state index in [9.17, 15) is 0 Å². The highest BCUT2D eigenvalue weighted by molar-refractivity contribution is 6.55. The number of benzene rings is 4. The molecule has 0 fully saturated rings. The van der Waals surface area contributed by atoms with Gasteiger partial charge < -0.3 is 0 Å². The lowest BCUT2D eigenvalue weighted by molar-refractivity contribution is 0.761. The van der Waals surface area contributed by atoms with Crippen LogP contribution in [-0.4, -0.2) is 4.58 Å². The standard InChI is InChI=1S/C37H40Cl2N2/c1-21(2)26-15-11-16-27(22(3)4)33(26)40-35-30-19-9-13-25-14-10-20-31(32(25)30)36(35)41(37(40,38)39)34-28(23(5)6)17-12-18-29(34)24(7)8/h9-24H,1-8H3. The zero-order chi connectivity index (χ0) is 29.4. The molecule has 6 rings (SSSR count). The first-order valence-corrected chi connectivity index (χ1v) is 15.7.